The van der Waals surface area contributed by atoms with Crippen LogP contribution in [-0.2, 0) is 4.79 Å². The Kier molecular flexibility index (Phi) is 3.49. The zero-order chi connectivity index (χ0) is 14.1. The van der Waals surface area contributed by atoms with E-state index >= 15 is 0 Å². The summed E-state index contributed by atoms with van der Waals surface area (Å²) >= 11 is 5.91. The number of amides is 1. The van der Waals surface area contributed by atoms with Gasteiger partial charge in [-0.2, -0.15) is 0 Å². The van der Waals surface area contributed by atoms with Gasteiger partial charge in [0.2, 0.25) is 0 Å². The van der Waals surface area contributed by atoms with Gasteiger partial charge < -0.3 is 15.1 Å². The van der Waals surface area contributed by atoms with E-state index in [9.17, 15) is 9.59 Å². The first-order valence-electron chi connectivity index (χ1n) is 6.70. The van der Waals surface area contributed by atoms with Crippen LogP contribution in [0.25, 0.3) is 10.9 Å². The van der Waals surface area contributed by atoms with Gasteiger partial charge in [-0.05, 0) is 30.5 Å². The van der Waals surface area contributed by atoms with Crippen molar-refractivity contribution < 1.29 is 9.59 Å². The topological polar surface area (TPSA) is 62.0 Å². The van der Waals surface area contributed by atoms with E-state index in [0.717, 1.165) is 36.5 Å². The molecule has 1 aromatic carbocycles. The number of aromatic amines is 1. The second kappa shape index (κ2) is 5.29. The van der Waals surface area contributed by atoms with Crippen molar-refractivity contribution in [1.82, 2.24) is 10.3 Å². The Morgan fingerprint density at radius 2 is 2.25 bits per heavy atom. The number of carbonyl (C=O) groups is 2. The first-order valence-corrected chi connectivity index (χ1v) is 7.08. The van der Waals surface area contributed by atoms with E-state index in [4.69, 9.17) is 11.6 Å². The summed E-state index contributed by atoms with van der Waals surface area (Å²) in [6, 6.07) is 6.77. The Hall–Kier alpha value is -1.81. The van der Waals surface area contributed by atoms with Crippen LogP contribution in [0.1, 0.15) is 29.8 Å². The molecule has 0 bridgehead atoms. The molecule has 2 aromatic rings. The molecular weight excluding hydrogens is 276 g/mol. The minimum Gasteiger partial charge on any atom is -0.350 e. The molecule has 1 fully saturated rings. The Bertz CT molecular complexity index is 661. The number of carbonyl (C=O) groups excluding carboxylic acids is 2. The Labute approximate surface area is 121 Å². The molecule has 0 saturated heterocycles. The van der Waals surface area contributed by atoms with Crippen molar-refractivity contribution in [3.8, 4) is 0 Å². The van der Waals surface area contributed by atoms with Crippen molar-refractivity contribution in [2.75, 3.05) is 0 Å². The molecule has 1 atom stereocenters. The first-order chi connectivity index (χ1) is 9.65. The molecule has 1 unspecified atom stereocenters. The third-order valence-electron chi connectivity index (χ3n) is 3.59. The van der Waals surface area contributed by atoms with Crippen molar-refractivity contribution >= 4 is 34.7 Å². The quantitative estimate of drug-likeness (QED) is 0.832. The van der Waals surface area contributed by atoms with Crippen LogP contribution in [0.15, 0.2) is 24.3 Å². The Morgan fingerprint density at radius 3 is 2.95 bits per heavy atom. The highest BCUT2D eigenvalue weighted by molar-refractivity contribution is 6.31. The molecule has 1 amide bonds. The second-order valence-corrected chi connectivity index (χ2v) is 5.75. The van der Waals surface area contributed by atoms with Crippen molar-refractivity contribution in [2.24, 2.45) is 5.92 Å². The van der Waals surface area contributed by atoms with E-state index in [0.29, 0.717) is 16.6 Å². The van der Waals surface area contributed by atoms with E-state index in [2.05, 4.69) is 10.3 Å². The summed E-state index contributed by atoms with van der Waals surface area (Å²) in [5.41, 5.74) is 1.26. The number of aldehydes is 1. The average molecular weight is 291 g/mol. The predicted octanol–water partition coefficient (Wildman–Crippen LogP) is 2.92. The number of hydrogen-bond donors (Lipinski definition) is 2. The maximum Gasteiger partial charge on any atom is 0.268 e. The summed E-state index contributed by atoms with van der Waals surface area (Å²) < 4.78 is 0. The lowest BCUT2D eigenvalue weighted by Gasteiger charge is -2.11. The minimum atomic E-state index is -0.398. The molecule has 1 aliphatic carbocycles. The van der Waals surface area contributed by atoms with E-state index in [1.807, 2.05) is 6.07 Å². The summed E-state index contributed by atoms with van der Waals surface area (Å²) in [5.74, 6) is 0.335. The van der Waals surface area contributed by atoms with Gasteiger partial charge in [-0.25, -0.2) is 0 Å². The SMILES string of the molecule is O=CC(CC1CC1)NC(=O)c1cc2ccc(Cl)cc2[nH]1. The zero-order valence-electron chi connectivity index (χ0n) is 10.9. The number of H-pyrrole nitrogens is 1. The highest BCUT2D eigenvalue weighted by Crippen LogP contribution is 2.33. The first kappa shape index (κ1) is 13.2. The third kappa shape index (κ3) is 2.85. The smallest absolute Gasteiger partial charge is 0.268 e. The van der Waals surface area contributed by atoms with Gasteiger partial charge in [-0.3, -0.25) is 4.79 Å². The molecule has 20 heavy (non-hydrogen) atoms. The highest BCUT2D eigenvalue weighted by atomic mass is 35.5. The lowest BCUT2D eigenvalue weighted by atomic mass is 10.1. The molecule has 2 N–H and O–H groups in total. The van der Waals surface area contributed by atoms with E-state index in [-0.39, 0.29) is 5.91 Å². The number of nitrogens with one attached hydrogen (secondary N) is 2. The number of hydrogen-bond acceptors (Lipinski definition) is 2. The lowest BCUT2D eigenvalue weighted by Crippen LogP contribution is -2.36. The van der Waals surface area contributed by atoms with Gasteiger partial charge in [0.25, 0.3) is 5.91 Å². The normalized spacial score (nSPS) is 16.1. The van der Waals surface area contributed by atoms with Crippen LogP contribution in [0, 0.1) is 5.92 Å². The fourth-order valence-electron chi connectivity index (χ4n) is 2.33. The lowest BCUT2D eigenvalue weighted by molar-refractivity contribution is -0.109. The highest BCUT2D eigenvalue weighted by Gasteiger charge is 2.26. The number of aromatic nitrogens is 1. The molecule has 3 rings (SSSR count). The molecule has 5 heteroatoms. The molecule has 104 valence electrons. The van der Waals surface area contributed by atoms with Gasteiger partial charge in [-0.1, -0.05) is 30.5 Å². The van der Waals surface area contributed by atoms with Gasteiger partial charge in [0.05, 0.1) is 6.04 Å². The van der Waals surface area contributed by atoms with Crippen LogP contribution < -0.4 is 5.32 Å². The molecule has 1 heterocycles. The summed E-state index contributed by atoms with van der Waals surface area (Å²) in [6.07, 6.45) is 3.87. The standard InChI is InChI=1S/C15H15ClN2O2/c16-11-4-3-10-6-14(18-13(10)7-11)15(20)17-12(8-19)5-9-1-2-9/h3-4,6-9,12,18H,1-2,5H2,(H,17,20). The molecule has 1 aliphatic rings. The summed E-state index contributed by atoms with van der Waals surface area (Å²) in [4.78, 5) is 26.2. The minimum absolute atomic E-state index is 0.255. The summed E-state index contributed by atoms with van der Waals surface area (Å²) in [5, 5.41) is 4.30. The zero-order valence-corrected chi connectivity index (χ0v) is 11.6. The van der Waals surface area contributed by atoms with Crippen LogP contribution in [0.5, 0.6) is 0 Å². The van der Waals surface area contributed by atoms with Crippen molar-refractivity contribution in [3.05, 3.63) is 35.0 Å². The van der Waals surface area contributed by atoms with Crippen LogP contribution >= 0.6 is 11.6 Å². The molecule has 4 nitrogen and oxygen atoms in total. The number of fused-ring (bicyclic) bond motifs is 1. The van der Waals surface area contributed by atoms with Crippen molar-refractivity contribution in [1.29, 1.82) is 0 Å². The molecular formula is C15H15ClN2O2. The van der Waals surface area contributed by atoms with E-state index in [1.165, 1.54) is 0 Å². The predicted molar refractivity (Wildman–Crippen MR) is 78.0 cm³/mol. The fourth-order valence-corrected chi connectivity index (χ4v) is 2.50. The molecule has 1 saturated carbocycles. The number of rotatable bonds is 5. The van der Waals surface area contributed by atoms with Gasteiger partial charge in [-0.15, -0.1) is 0 Å². The molecule has 1 aromatic heterocycles. The number of halogens is 1. The summed E-state index contributed by atoms with van der Waals surface area (Å²) in [6.45, 7) is 0. The molecule has 0 spiro atoms. The van der Waals surface area contributed by atoms with E-state index < -0.39 is 6.04 Å². The molecule has 0 radical (unpaired) electrons. The summed E-state index contributed by atoms with van der Waals surface area (Å²) in [7, 11) is 0. The van der Waals surface area contributed by atoms with Crippen LogP contribution in [-0.4, -0.2) is 23.2 Å². The Balaban J connectivity index is 1.75. The Morgan fingerprint density at radius 1 is 1.45 bits per heavy atom. The van der Waals surface area contributed by atoms with Gasteiger partial charge in [0, 0.05) is 15.9 Å². The number of benzene rings is 1. The van der Waals surface area contributed by atoms with Crippen molar-refractivity contribution in [3.63, 3.8) is 0 Å². The third-order valence-corrected chi connectivity index (χ3v) is 3.83. The maximum absolute atomic E-state index is 12.1. The average Bonchev–Trinajstić information content (AvgIpc) is 3.14. The van der Waals surface area contributed by atoms with E-state index in [1.54, 1.807) is 18.2 Å². The second-order valence-electron chi connectivity index (χ2n) is 5.31. The van der Waals surface area contributed by atoms with Crippen LogP contribution in [0.3, 0.4) is 0 Å². The van der Waals surface area contributed by atoms with Gasteiger partial charge in [0.1, 0.15) is 12.0 Å². The van der Waals surface area contributed by atoms with Gasteiger partial charge >= 0.3 is 0 Å². The monoisotopic (exact) mass is 290 g/mol. The van der Waals surface area contributed by atoms with Crippen LogP contribution in [0.4, 0.5) is 0 Å². The van der Waals surface area contributed by atoms with Gasteiger partial charge in [0.15, 0.2) is 0 Å². The largest absolute Gasteiger partial charge is 0.350 e. The maximum atomic E-state index is 12.1. The van der Waals surface area contributed by atoms with Crippen molar-refractivity contribution in [2.45, 2.75) is 25.3 Å². The fraction of sp³-hybridized carbons (Fsp3) is 0.333. The van der Waals surface area contributed by atoms with Crippen LogP contribution in [0.2, 0.25) is 5.02 Å². The molecule has 0 aliphatic heterocycles.